The Balaban J connectivity index is 1.49. The molecule has 0 radical (unpaired) electrons. The number of benzene rings is 1. The van der Waals surface area contributed by atoms with E-state index in [2.05, 4.69) is 9.80 Å². The van der Waals surface area contributed by atoms with Crippen molar-refractivity contribution in [3.8, 4) is 0 Å². The molecule has 3 rings (SSSR count). The summed E-state index contributed by atoms with van der Waals surface area (Å²) in [5, 5.41) is 10.7. The van der Waals surface area contributed by atoms with Gasteiger partial charge in [-0.3, -0.25) is 15.0 Å². The fourth-order valence-electron chi connectivity index (χ4n) is 3.53. The number of nitrogens with zero attached hydrogens (tertiary/aromatic N) is 3. The Morgan fingerprint density at radius 2 is 1.67 bits per heavy atom. The van der Waals surface area contributed by atoms with E-state index in [4.69, 9.17) is 0 Å². The fraction of sp³-hybridized carbons (Fsp3) is 0.625. The van der Waals surface area contributed by atoms with Crippen LogP contribution in [0.15, 0.2) is 24.3 Å². The number of hydrogen-bond donors (Lipinski definition) is 0. The van der Waals surface area contributed by atoms with Gasteiger partial charge in [0.15, 0.2) is 0 Å². The van der Waals surface area contributed by atoms with Gasteiger partial charge >= 0.3 is 0 Å². The van der Waals surface area contributed by atoms with Crippen LogP contribution in [0.3, 0.4) is 0 Å². The summed E-state index contributed by atoms with van der Waals surface area (Å²) in [6, 6.07) is 7.74. The molecule has 0 unspecified atom stereocenters. The number of non-ortho nitro benzene ring substituents is 1. The molecule has 0 aromatic heterocycles. The zero-order valence-electron chi connectivity index (χ0n) is 12.4. The van der Waals surface area contributed by atoms with Gasteiger partial charge in [-0.15, -0.1) is 0 Å². The molecule has 1 aromatic rings. The van der Waals surface area contributed by atoms with E-state index in [1.54, 1.807) is 12.1 Å². The van der Waals surface area contributed by atoms with E-state index in [0.29, 0.717) is 0 Å². The highest BCUT2D eigenvalue weighted by Crippen LogP contribution is 2.22. The van der Waals surface area contributed by atoms with E-state index in [0.717, 1.165) is 25.7 Å². The smallest absolute Gasteiger partial charge is 0.269 e. The standard InChI is InChI=1S/C16H23N3O2/c20-19(21)16-5-3-14(4-6-16)13-17-11-7-15(8-12-17)18-9-1-2-10-18/h3-6,15H,1-2,7-13H2. The minimum absolute atomic E-state index is 0.173. The first-order chi connectivity index (χ1) is 10.2. The molecule has 2 saturated heterocycles. The third kappa shape index (κ3) is 3.60. The summed E-state index contributed by atoms with van der Waals surface area (Å²) in [4.78, 5) is 15.4. The Labute approximate surface area is 125 Å². The largest absolute Gasteiger partial charge is 0.300 e. The first-order valence-electron chi connectivity index (χ1n) is 7.92. The molecule has 2 aliphatic rings. The second-order valence-electron chi connectivity index (χ2n) is 6.17. The monoisotopic (exact) mass is 289 g/mol. The molecule has 2 aliphatic heterocycles. The van der Waals surface area contributed by atoms with Crippen molar-refractivity contribution in [2.24, 2.45) is 0 Å². The van der Waals surface area contributed by atoms with Crippen molar-refractivity contribution >= 4 is 5.69 Å². The van der Waals surface area contributed by atoms with Crippen molar-refractivity contribution in [2.45, 2.75) is 38.3 Å². The van der Waals surface area contributed by atoms with Crippen molar-refractivity contribution < 1.29 is 4.92 Å². The van der Waals surface area contributed by atoms with Gasteiger partial charge in [-0.1, -0.05) is 12.1 Å². The molecule has 21 heavy (non-hydrogen) atoms. The number of hydrogen-bond acceptors (Lipinski definition) is 4. The molecule has 0 aliphatic carbocycles. The molecule has 2 fully saturated rings. The summed E-state index contributed by atoms with van der Waals surface area (Å²) < 4.78 is 0. The van der Waals surface area contributed by atoms with Crippen LogP contribution in [0.4, 0.5) is 5.69 Å². The second kappa shape index (κ2) is 6.54. The maximum atomic E-state index is 10.7. The Bertz CT molecular complexity index is 475. The predicted molar refractivity (Wildman–Crippen MR) is 82.2 cm³/mol. The minimum atomic E-state index is -0.342. The number of piperidine rings is 1. The highest BCUT2D eigenvalue weighted by atomic mass is 16.6. The zero-order valence-corrected chi connectivity index (χ0v) is 12.4. The first kappa shape index (κ1) is 14.5. The van der Waals surface area contributed by atoms with E-state index in [1.807, 2.05) is 12.1 Å². The zero-order chi connectivity index (χ0) is 14.7. The molecule has 5 heteroatoms. The summed E-state index contributed by atoms with van der Waals surface area (Å²) in [6.07, 6.45) is 5.24. The van der Waals surface area contributed by atoms with Crippen molar-refractivity contribution in [1.82, 2.24) is 9.80 Å². The molecule has 0 bridgehead atoms. The average Bonchev–Trinajstić information content (AvgIpc) is 3.03. The van der Waals surface area contributed by atoms with Crippen LogP contribution in [-0.2, 0) is 6.54 Å². The third-order valence-electron chi connectivity index (χ3n) is 4.77. The summed E-state index contributed by atoms with van der Waals surface area (Å²) in [5.74, 6) is 0. The van der Waals surface area contributed by atoms with Gasteiger partial charge in [-0.05, 0) is 57.4 Å². The van der Waals surface area contributed by atoms with Crippen molar-refractivity contribution in [1.29, 1.82) is 0 Å². The molecule has 0 amide bonds. The molecule has 0 saturated carbocycles. The molecule has 0 N–H and O–H groups in total. The number of rotatable bonds is 4. The Kier molecular flexibility index (Phi) is 4.51. The Hall–Kier alpha value is -1.46. The molecular formula is C16H23N3O2. The molecule has 0 spiro atoms. The van der Waals surface area contributed by atoms with Crippen LogP contribution in [0.25, 0.3) is 0 Å². The second-order valence-corrected chi connectivity index (χ2v) is 6.17. The molecule has 5 nitrogen and oxygen atoms in total. The minimum Gasteiger partial charge on any atom is -0.300 e. The molecular weight excluding hydrogens is 266 g/mol. The van der Waals surface area contributed by atoms with Crippen molar-refractivity contribution in [3.63, 3.8) is 0 Å². The van der Waals surface area contributed by atoms with Crippen LogP contribution in [-0.4, -0.2) is 46.9 Å². The van der Waals surface area contributed by atoms with Gasteiger partial charge in [0.1, 0.15) is 0 Å². The van der Waals surface area contributed by atoms with Crippen LogP contribution < -0.4 is 0 Å². The summed E-state index contributed by atoms with van der Waals surface area (Å²) in [6.45, 7) is 5.75. The van der Waals surface area contributed by atoms with E-state index in [9.17, 15) is 10.1 Å². The Morgan fingerprint density at radius 1 is 1.05 bits per heavy atom. The topological polar surface area (TPSA) is 49.6 Å². The maximum Gasteiger partial charge on any atom is 0.269 e. The Morgan fingerprint density at radius 3 is 2.24 bits per heavy atom. The lowest BCUT2D eigenvalue weighted by Crippen LogP contribution is -2.43. The van der Waals surface area contributed by atoms with Gasteiger partial charge in [-0.2, -0.15) is 0 Å². The highest BCUT2D eigenvalue weighted by Gasteiger charge is 2.26. The van der Waals surface area contributed by atoms with Gasteiger partial charge in [0.25, 0.3) is 5.69 Å². The number of nitro benzene ring substituents is 1. The van der Waals surface area contributed by atoms with Crippen LogP contribution >= 0.6 is 0 Å². The van der Waals surface area contributed by atoms with Gasteiger partial charge < -0.3 is 4.90 Å². The van der Waals surface area contributed by atoms with Crippen LogP contribution in [0, 0.1) is 10.1 Å². The van der Waals surface area contributed by atoms with E-state index >= 15 is 0 Å². The lowest BCUT2D eigenvalue weighted by molar-refractivity contribution is -0.384. The molecule has 114 valence electrons. The van der Waals surface area contributed by atoms with Gasteiger partial charge in [0.2, 0.25) is 0 Å². The van der Waals surface area contributed by atoms with E-state index in [1.165, 1.54) is 44.3 Å². The van der Waals surface area contributed by atoms with Crippen molar-refractivity contribution in [3.05, 3.63) is 39.9 Å². The van der Waals surface area contributed by atoms with Crippen LogP contribution in [0.1, 0.15) is 31.2 Å². The number of nitro groups is 1. The highest BCUT2D eigenvalue weighted by molar-refractivity contribution is 5.32. The maximum absolute atomic E-state index is 10.7. The number of likely N-dealkylation sites (tertiary alicyclic amines) is 2. The average molecular weight is 289 g/mol. The lowest BCUT2D eigenvalue weighted by atomic mass is 10.0. The van der Waals surface area contributed by atoms with E-state index in [-0.39, 0.29) is 10.6 Å². The first-order valence-corrected chi connectivity index (χ1v) is 7.92. The van der Waals surface area contributed by atoms with Gasteiger partial charge in [0, 0.05) is 24.7 Å². The fourth-order valence-corrected chi connectivity index (χ4v) is 3.53. The molecule has 1 aromatic carbocycles. The summed E-state index contributed by atoms with van der Waals surface area (Å²) in [5.41, 5.74) is 1.34. The quantitative estimate of drug-likeness (QED) is 0.631. The van der Waals surface area contributed by atoms with Gasteiger partial charge in [0.05, 0.1) is 4.92 Å². The SMILES string of the molecule is O=[N+]([O-])c1ccc(CN2CCC(N3CCCC3)CC2)cc1. The lowest BCUT2D eigenvalue weighted by Gasteiger charge is -2.36. The predicted octanol–water partition coefficient (Wildman–Crippen LogP) is 2.66. The molecule has 0 atom stereocenters. The van der Waals surface area contributed by atoms with Crippen LogP contribution in [0.2, 0.25) is 0 Å². The summed E-state index contributed by atoms with van der Waals surface area (Å²) in [7, 11) is 0. The third-order valence-corrected chi connectivity index (χ3v) is 4.77. The normalized spacial score (nSPS) is 21.7. The van der Waals surface area contributed by atoms with Crippen molar-refractivity contribution in [2.75, 3.05) is 26.2 Å². The summed E-state index contributed by atoms with van der Waals surface area (Å²) >= 11 is 0. The molecule has 2 heterocycles. The van der Waals surface area contributed by atoms with E-state index < -0.39 is 0 Å². The van der Waals surface area contributed by atoms with Crippen LogP contribution in [0.5, 0.6) is 0 Å². The van der Waals surface area contributed by atoms with Gasteiger partial charge in [-0.25, -0.2) is 0 Å².